The Bertz CT molecular complexity index is 482. The normalized spacial score (nSPS) is 12.1. The van der Waals surface area contributed by atoms with Crippen molar-refractivity contribution < 1.29 is 13.2 Å². The van der Waals surface area contributed by atoms with Gasteiger partial charge in [-0.15, -0.1) is 24.0 Å². The number of hydrogen-bond donors (Lipinski definition) is 2. The molecule has 0 saturated heterocycles. The molecule has 1 aromatic rings. The third kappa shape index (κ3) is 7.67. The molecule has 0 atom stereocenters. The molecule has 0 aliphatic heterocycles. The maximum atomic E-state index is 12.4. The van der Waals surface area contributed by atoms with E-state index in [-0.39, 0.29) is 24.0 Å². The molecule has 0 heterocycles. The van der Waals surface area contributed by atoms with Gasteiger partial charge in [-0.2, -0.15) is 13.2 Å². The Morgan fingerprint density at radius 3 is 2.32 bits per heavy atom. The number of guanidine groups is 1. The van der Waals surface area contributed by atoms with Gasteiger partial charge in [-0.05, 0) is 31.0 Å². The predicted molar refractivity (Wildman–Crippen MR) is 94.5 cm³/mol. The topological polar surface area (TPSA) is 36.4 Å². The van der Waals surface area contributed by atoms with Gasteiger partial charge in [0.15, 0.2) is 5.96 Å². The first-order chi connectivity index (χ1) is 9.97. The third-order valence-electron chi connectivity index (χ3n) is 2.80. The second kappa shape index (κ2) is 10.5. The fourth-order valence-corrected chi connectivity index (χ4v) is 1.66. The number of allylic oxidation sites excluding steroid dienone is 1. The number of benzene rings is 1. The van der Waals surface area contributed by atoms with Crippen molar-refractivity contribution in [2.45, 2.75) is 26.1 Å². The van der Waals surface area contributed by atoms with Crippen molar-refractivity contribution in [2.24, 2.45) is 4.99 Å². The van der Waals surface area contributed by atoms with E-state index in [2.05, 4.69) is 15.6 Å². The van der Waals surface area contributed by atoms with E-state index in [1.54, 1.807) is 7.05 Å². The molecule has 124 valence electrons. The Balaban J connectivity index is 0.00000441. The zero-order valence-electron chi connectivity index (χ0n) is 12.6. The molecule has 0 amide bonds. The van der Waals surface area contributed by atoms with E-state index in [0.29, 0.717) is 12.5 Å². The lowest BCUT2D eigenvalue weighted by atomic mass is 10.1. The van der Waals surface area contributed by atoms with Gasteiger partial charge in [0.05, 0.1) is 5.56 Å². The monoisotopic (exact) mass is 427 g/mol. The summed E-state index contributed by atoms with van der Waals surface area (Å²) in [6.07, 6.45) is 0.601. The van der Waals surface area contributed by atoms with Crippen molar-refractivity contribution >= 4 is 29.9 Å². The molecule has 0 bridgehead atoms. The van der Waals surface area contributed by atoms with E-state index in [1.807, 2.05) is 19.1 Å². The number of nitrogens with zero attached hydrogens (tertiary/aromatic N) is 1. The predicted octanol–water partition coefficient (Wildman–Crippen LogP) is 3.95. The highest BCUT2D eigenvalue weighted by Gasteiger charge is 2.29. The van der Waals surface area contributed by atoms with Crippen molar-refractivity contribution in [1.82, 2.24) is 10.6 Å². The summed E-state index contributed by atoms with van der Waals surface area (Å²) in [4.78, 5) is 4.05. The molecule has 0 radical (unpaired) electrons. The van der Waals surface area contributed by atoms with Gasteiger partial charge in [-0.3, -0.25) is 4.99 Å². The van der Waals surface area contributed by atoms with Crippen LogP contribution >= 0.6 is 24.0 Å². The molecule has 1 aromatic carbocycles. The van der Waals surface area contributed by atoms with Gasteiger partial charge >= 0.3 is 6.18 Å². The summed E-state index contributed by atoms with van der Waals surface area (Å²) in [5.74, 6) is 0.624. The molecule has 3 nitrogen and oxygen atoms in total. The Hall–Kier alpha value is -1.25. The largest absolute Gasteiger partial charge is 0.416 e. The van der Waals surface area contributed by atoms with Crippen molar-refractivity contribution in [1.29, 1.82) is 0 Å². The molecule has 0 fully saturated rings. The first-order valence-corrected chi connectivity index (χ1v) is 6.69. The average Bonchev–Trinajstić information content (AvgIpc) is 2.46. The second-order valence-corrected chi connectivity index (χ2v) is 4.40. The third-order valence-corrected chi connectivity index (χ3v) is 2.80. The summed E-state index contributed by atoms with van der Waals surface area (Å²) < 4.78 is 37.3. The van der Waals surface area contributed by atoms with Crippen molar-refractivity contribution in [3.63, 3.8) is 0 Å². The molecule has 22 heavy (non-hydrogen) atoms. The molecule has 0 aliphatic carbocycles. The molecule has 0 spiro atoms. The van der Waals surface area contributed by atoms with Crippen LogP contribution in [-0.2, 0) is 12.7 Å². The van der Waals surface area contributed by atoms with Crippen LogP contribution in [0.4, 0.5) is 13.2 Å². The maximum Gasteiger partial charge on any atom is 0.416 e. The van der Waals surface area contributed by atoms with Gasteiger partial charge in [0.2, 0.25) is 0 Å². The standard InChI is InChI=1S/C15H20F3N3.HI/c1-3-4-5-10-20-14(19-2)21-11-12-6-8-13(9-7-12)15(16,17)18;/h3-4,6-9H,5,10-11H2,1-2H3,(H2,19,20,21);1H/b4-3+;. The summed E-state index contributed by atoms with van der Waals surface area (Å²) in [6, 6.07) is 5.09. The molecule has 0 aromatic heterocycles. The van der Waals surface area contributed by atoms with E-state index in [9.17, 15) is 13.2 Å². The summed E-state index contributed by atoms with van der Waals surface area (Å²) in [6.45, 7) is 3.12. The van der Waals surface area contributed by atoms with Crippen LogP contribution < -0.4 is 10.6 Å². The number of rotatable bonds is 5. The van der Waals surface area contributed by atoms with E-state index < -0.39 is 11.7 Å². The van der Waals surface area contributed by atoms with Crippen molar-refractivity contribution in [3.8, 4) is 0 Å². The Kier molecular flexibility index (Phi) is 9.88. The van der Waals surface area contributed by atoms with E-state index in [0.717, 1.165) is 30.7 Å². The number of nitrogens with one attached hydrogen (secondary N) is 2. The van der Waals surface area contributed by atoms with Gasteiger partial charge < -0.3 is 10.6 Å². The van der Waals surface area contributed by atoms with Crippen LogP contribution in [0, 0.1) is 0 Å². The SMILES string of the molecule is C/C=C/CCNC(=NC)NCc1ccc(C(F)(F)F)cc1.I. The van der Waals surface area contributed by atoms with E-state index in [1.165, 1.54) is 12.1 Å². The molecule has 2 N–H and O–H groups in total. The molecule has 0 aliphatic rings. The average molecular weight is 427 g/mol. The smallest absolute Gasteiger partial charge is 0.356 e. The highest BCUT2D eigenvalue weighted by Crippen LogP contribution is 2.28. The summed E-state index contributed by atoms with van der Waals surface area (Å²) in [5.41, 5.74) is 0.125. The highest BCUT2D eigenvalue weighted by atomic mass is 127. The minimum atomic E-state index is -4.30. The van der Waals surface area contributed by atoms with Gasteiger partial charge in [-0.1, -0.05) is 24.3 Å². The van der Waals surface area contributed by atoms with Gasteiger partial charge in [-0.25, -0.2) is 0 Å². The molecular formula is C15H21F3IN3. The number of alkyl halides is 3. The van der Waals surface area contributed by atoms with Crippen LogP contribution in [0.1, 0.15) is 24.5 Å². The number of hydrogen-bond acceptors (Lipinski definition) is 1. The molecule has 0 saturated carbocycles. The molecule has 0 unspecified atom stereocenters. The Morgan fingerprint density at radius 2 is 1.82 bits per heavy atom. The van der Waals surface area contributed by atoms with Crippen molar-refractivity contribution in [2.75, 3.05) is 13.6 Å². The quantitative estimate of drug-likeness (QED) is 0.246. The van der Waals surface area contributed by atoms with E-state index in [4.69, 9.17) is 0 Å². The van der Waals surface area contributed by atoms with Crippen LogP contribution in [0.15, 0.2) is 41.4 Å². The van der Waals surface area contributed by atoms with Gasteiger partial charge in [0.1, 0.15) is 0 Å². The lowest BCUT2D eigenvalue weighted by Gasteiger charge is -2.12. The first-order valence-electron chi connectivity index (χ1n) is 6.69. The number of halogens is 4. The number of aliphatic imine (C=N–C) groups is 1. The van der Waals surface area contributed by atoms with Crippen LogP contribution in [0.3, 0.4) is 0 Å². The van der Waals surface area contributed by atoms with Crippen LogP contribution in [0.25, 0.3) is 0 Å². The fraction of sp³-hybridized carbons (Fsp3) is 0.400. The minimum absolute atomic E-state index is 0. The zero-order valence-corrected chi connectivity index (χ0v) is 14.9. The van der Waals surface area contributed by atoms with Gasteiger partial charge in [0.25, 0.3) is 0 Å². The Labute approximate surface area is 146 Å². The van der Waals surface area contributed by atoms with Crippen LogP contribution in [0.2, 0.25) is 0 Å². The lowest BCUT2D eigenvalue weighted by Crippen LogP contribution is -2.37. The summed E-state index contributed by atoms with van der Waals surface area (Å²) in [5, 5.41) is 6.17. The van der Waals surface area contributed by atoms with Crippen molar-refractivity contribution in [3.05, 3.63) is 47.5 Å². The van der Waals surface area contributed by atoms with Gasteiger partial charge in [0, 0.05) is 20.1 Å². The lowest BCUT2D eigenvalue weighted by molar-refractivity contribution is -0.137. The Morgan fingerprint density at radius 1 is 1.18 bits per heavy atom. The summed E-state index contributed by atoms with van der Waals surface area (Å²) in [7, 11) is 1.65. The molecule has 1 rings (SSSR count). The molecule has 7 heteroatoms. The first kappa shape index (κ1) is 20.8. The van der Waals surface area contributed by atoms with Crippen LogP contribution in [-0.4, -0.2) is 19.6 Å². The van der Waals surface area contributed by atoms with Crippen LogP contribution in [0.5, 0.6) is 0 Å². The minimum Gasteiger partial charge on any atom is -0.356 e. The maximum absolute atomic E-state index is 12.4. The zero-order chi connectivity index (χ0) is 15.7. The highest BCUT2D eigenvalue weighted by molar-refractivity contribution is 14.0. The second-order valence-electron chi connectivity index (χ2n) is 4.40. The summed E-state index contributed by atoms with van der Waals surface area (Å²) >= 11 is 0. The fourth-order valence-electron chi connectivity index (χ4n) is 1.66. The van der Waals surface area contributed by atoms with E-state index >= 15 is 0 Å². The molecular weight excluding hydrogens is 406 g/mol.